The van der Waals surface area contributed by atoms with E-state index < -0.39 is 0 Å². The lowest BCUT2D eigenvalue weighted by molar-refractivity contribution is -0.120. The molecule has 0 aliphatic rings. The monoisotopic (exact) mass is 315 g/mol. The van der Waals surface area contributed by atoms with Gasteiger partial charge in [0.1, 0.15) is 11.4 Å². The van der Waals surface area contributed by atoms with Crippen LogP contribution in [0.25, 0.3) is 0 Å². The van der Waals surface area contributed by atoms with Crippen LogP contribution in [-0.2, 0) is 17.8 Å². The molecule has 0 saturated heterocycles. The van der Waals surface area contributed by atoms with E-state index in [2.05, 4.69) is 15.5 Å². The summed E-state index contributed by atoms with van der Waals surface area (Å²) < 4.78 is 5.77. The number of rotatable bonds is 5. The topological polar surface area (TPSA) is 67.0 Å². The quantitative estimate of drug-likeness (QED) is 0.891. The highest BCUT2D eigenvalue weighted by Gasteiger charge is 2.12. The number of aromatic nitrogens is 2. The average Bonchev–Trinajstić information content (AvgIpc) is 2.76. The van der Waals surface area contributed by atoms with Crippen LogP contribution in [0.15, 0.2) is 24.3 Å². The largest absolute Gasteiger partial charge is 0.488 e. The summed E-state index contributed by atoms with van der Waals surface area (Å²) in [4.78, 5) is 12.1. The first-order chi connectivity index (χ1) is 10.7. The number of hydrogen-bond donors (Lipinski definition) is 2. The molecule has 0 fully saturated rings. The minimum Gasteiger partial charge on any atom is -0.488 e. The predicted molar refractivity (Wildman–Crippen MR) is 90.4 cm³/mol. The fourth-order valence-corrected chi connectivity index (χ4v) is 2.30. The maximum absolute atomic E-state index is 12.1. The molecule has 1 aromatic carbocycles. The van der Waals surface area contributed by atoms with Crippen molar-refractivity contribution in [3.05, 3.63) is 46.8 Å². The zero-order valence-corrected chi connectivity index (χ0v) is 14.5. The normalized spacial score (nSPS) is 11.3. The molecule has 5 heteroatoms. The number of carbonyl (C=O) groups excluding carboxylic acids is 1. The third-order valence-electron chi connectivity index (χ3n) is 3.46. The van der Waals surface area contributed by atoms with E-state index in [1.165, 1.54) is 0 Å². The van der Waals surface area contributed by atoms with Crippen LogP contribution in [0.1, 0.15) is 43.3 Å². The van der Waals surface area contributed by atoms with Crippen LogP contribution in [-0.4, -0.2) is 21.7 Å². The van der Waals surface area contributed by atoms with Crippen molar-refractivity contribution in [1.82, 2.24) is 15.5 Å². The van der Waals surface area contributed by atoms with Gasteiger partial charge in [0, 0.05) is 17.8 Å². The highest BCUT2D eigenvalue weighted by Crippen LogP contribution is 2.18. The Hall–Kier alpha value is -2.30. The summed E-state index contributed by atoms with van der Waals surface area (Å²) in [5.41, 5.74) is 3.70. The zero-order chi connectivity index (χ0) is 17.0. The van der Waals surface area contributed by atoms with Gasteiger partial charge in [-0.3, -0.25) is 9.89 Å². The van der Waals surface area contributed by atoms with Gasteiger partial charge in [-0.25, -0.2) is 0 Å². The summed E-state index contributed by atoms with van der Waals surface area (Å²) in [5.74, 6) is 0.806. The average molecular weight is 315 g/mol. The Morgan fingerprint density at radius 2 is 1.87 bits per heavy atom. The van der Waals surface area contributed by atoms with Gasteiger partial charge < -0.3 is 10.1 Å². The van der Waals surface area contributed by atoms with Crippen LogP contribution in [0.3, 0.4) is 0 Å². The predicted octanol–water partition coefficient (Wildman–Crippen LogP) is 3.06. The lowest BCUT2D eigenvalue weighted by Crippen LogP contribution is -2.25. The fourth-order valence-electron chi connectivity index (χ4n) is 2.30. The first kappa shape index (κ1) is 17.1. The van der Waals surface area contributed by atoms with Gasteiger partial charge in [0.05, 0.1) is 12.1 Å². The molecule has 0 radical (unpaired) electrons. The van der Waals surface area contributed by atoms with Crippen molar-refractivity contribution in [2.75, 3.05) is 0 Å². The molecule has 0 atom stereocenters. The molecule has 0 aliphatic heterocycles. The number of benzene rings is 1. The van der Waals surface area contributed by atoms with E-state index in [1.54, 1.807) is 0 Å². The van der Waals surface area contributed by atoms with Gasteiger partial charge in [0.15, 0.2) is 0 Å². The number of H-pyrrole nitrogens is 1. The summed E-state index contributed by atoms with van der Waals surface area (Å²) in [5, 5.41) is 9.98. The molecule has 1 heterocycles. The van der Waals surface area contributed by atoms with E-state index in [1.807, 2.05) is 58.9 Å². The minimum absolute atomic E-state index is 0.00510. The summed E-state index contributed by atoms with van der Waals surface area (Å²) in [6, 6.07) is 7.65. The first-order valence-electron chi connectivity index (χ1n) is 7.80. The maximum Gasteiger partial charge on any atom is 0.224 e. The number of aromatic amines is 1. The molecule has 0 unspecified atom stereocenters. The van der Waals surface area contributed by atoms with E-state index >= 15 is 0 Å². The highest BCUT2D eigenvalue weighted by atomic mass is 16.5. The molecule has 0 bridgehead atoms. The van der Waals surface area contributed by atoms with E-state index in [0.717, 1.165) is 28.3 Å². The Labute approximate surface area is 137 Å². The second-order valence-corrected chi connectivity index (χ2v) is 6.72. The van der Waals surface area contributed by atoms with Crippen molar-refractivity contribution in [3.8, 4) is 5.75 Å². The third-order valence-corrected chi connectivity index (χ3v) is 3.46. The zero-order valence-electron chi connectivity index (χ0n) is 14.5. The third kappa shape index (κ3) is 5.13. The van der Waals surface area contributed by atoms with Crippen molar-refractivity contribution in [2.45, 2.75) is 53.2 Å². The number of ether oxygens (including phenoxy) is 1. The molecular formula is C18H25N3O2. The van der Waals surface area contributed by atoms with E-state index in [0.29, 0.717) is 13.0 Å². The van der Waals surface area contributed by atoms with Crippen molar-refractivity contribution >= 4 is 5.91 Å². The SMILES string of the molecule is Cc1n[nH]c(C)c1CNC(=O)Cc1ccc(OC(C)(C)C)cc1. The van der Waals surface area contributed by atoms with Crippen LogP contribution >= 0.6 is 0 Å². The van der Waals surface area contributed by atoms with Crippen molar-refractivity contribution in [1.29, 1.82) is 0 Å². The van der Waals surface area contributed by atoms with Gasteiger partial charge in [-0.05, 0) is 52.3 Å². The molecule has 124 valence electrons. The minimum atomic E-state index is -0.223. The Kier molecular flexibility index (Phi) is 5.08. The maximum atomic E-state index is 12.1. The number of nitrogens with zero attached hydrogens (tertiary/aromatic N) is 1. The number of amides is 1. The number of aryl methyl sites for hydroxylation is 2. The van der Waals surface area contributed by atoms with Crippen molar-refractivity contribution in [2.24, 2.45) is 0 Å². The second-order valence-electron chi connectivity index (χ2n) is 6.72. The van der Waals surface area contributed by atoms with Gasteiger partial charge in [0.25, 0.3) is 0 Å². The summed E-state index contributed by atoms with van der Waals surface area (Å²) in [6.45, 7) is 10.4. The molecular weight excluding hydrogens is 290 g/mol. The Morgan fingerprint density at radius 1 is 1.22 bits per heavy atom. The van der Waals surface area contributed by atoms with Gasteiger partial charge in [-0.1, -0.05) is 12.1 Å². The van der Waals surface area contributed by atoms with Crippen LogP contribution in [0.2, 0.25) is 0 Å². The lowest BCUT2D eigenvalue weighted by Gasteiger charge is -2.21. The molecule has 0 saturated carbocycles. The molecule has 1 aromatic heterocycles. The van der Waals surface area contributed by atoms with Gasteiger partial charge in [0.2, 0.25) is 5.91 Å². The lowest BCUT2D eigenvalue weighted by atomic mass is 10.1. The Morgan fingerprint density at radius 3 is 2.39 bits per heavy atom. The van der Waals surface area contributed by atoms with Gasteiger partial charge in [-0.15, -0.1) is 0 Å². The number of nitrogens with one attached hydrogen (secondary N) is 2. The van der Waals surface area contributed by atoms with Gasteiger partial charge >= 0.3 is 0 Å². The van der Waals surface area contributed by atoms with Crippen LogP contribution in [0.5, 0.6) is 5.75 Å². The Bertz CT molecular complexity index is 647. The smallest absolute Gasteiger partial charge is 0.224 e. The number of hydrogen-bond acceptors (Lipinski definition) is 3. The number of carbonyl (C=O) groups is 1. The molecule has 0 aliphatic carbocycles. The first-order valence-corrected chi connectivity index (χ1v) is 7.80. The summed E-state index contributed by atoms with van der Waals surface area (Å²) in [7, 11) is 0. The van der Waals surface area contributed by atoms with E-state index in [-0.39, 0.29) is 11.5 Å². The van der Waals surface area contributed by atoms with Crippen molar-refractivity contribution in [3.63, 3.8) is 0 Å². The van der Waals surface area contributed by atoms with E-state index in [4.69, 9.17) is 4.74 Å². The molecule has 23 heavy (non-hydrogen) atoms. The van der Waals surface area contributed by atoms with Crippen LogP contribution in [0, 0.1) is 13.8 Å². The van der Waals surface area contributed by atoms with E-state index in [9.17, 15) is 4.79 Å². The standard InChI is InChI=1S/C18H25N3O2/c1-12-16(13(2)21-20-12)11-19-17(22)10-14-6-8-15(9-7-14)23-18(3,4)5/h6-9H,10-11H2,1-5H3,(H,19,22)(H,20,21). The molecule has 0 spiro atoms. The van der Waals surface area contributed by atoms with Gasteiger partial charge in [-0.2, -0.15) is 5.10 Å². The fraction of sp³-hybridized carbons (Fsp3) is 0.444. The Balaban J connectivity index is 1.88. The molecule has 2 aromatic rings. The molecule has 2 rings (SSSR count). The summed E-state index contributed by atoms with van der Waals surface area (Å²) in [6.07, 6.45) is 0.353. The second kappa shape index (κ2) is 6.86. The summed E-state index contributed by atoms with van der Waals surface area (Å²) >= 11 is 0. The molecule has 1 amide bonds. The van der Waals surface area contributed by atoms with Crippen LogP contribution < -0.4 is 10.1 Å². The highest BCUT2D eigenvalue weighted by molar-refractivity contribution is 5.78. The molecule has 2 N–H and O–H groups in total. The molecule has 5 nitrogen and oxygen atoms in total. The van der Waals surface area contributed by atoms with Crippen molar-refractivity contribution < 1.29 is 9.53 Å². The van der Waals surface area contributed by atoms with Crippen LogP contribution in [0.4, 0.5) is 0 Å².